The molecule has 0 radical (unpaired) electrons. The molecule has 0 aromatic heterocycles. The van der Waals surface area contributed by atoms with Crippen molar-refractivity contribution in [3.05, 3.63) is 60.8 Å². The van der Waals surface area contributed by atoms with E-state index in [1.54, 1.807) is 0 Å². The first-order valence-corrected chi connectivity index (χ1v) is 33.8. The van der Waals surface area contributed by atoms with E-state index in [0.717, 1.165) is 83.5 Å². The molecule has 1 atom stereocenters. The first-order valence-electron chi connectivity index (χ1n) is 33.8. The Morgan fingerprint density at radius 2 is 0.481 bits per heavy atom. The minimum absolute atomic E-state index is 0.0767. The summed E-state index contributed by atoms with van der Waals surface area (Å²) in [4.78, 5) is 38.2. The van der Waals surface area contributed by atoms with Crippen LogP contribution in [-0.2, 0) is 28.6 Å². The smallest absolute Gasteiger partial charge is 0.306 e. The minimum atomic E-state index is -0.780. The maximum atomic E-state index is 12.9. The predicted molar refractivity (Wildman–Crippen MR) is 335 cm³/mol. The van der Waals surface area contributed by atoms with E-state index < -0.39 is 6.10 Å². The lowest BCUT2D eigenvalue weighted by atomic mass is 10.0. The lowest BCUT2D eigenvalue weighted by Gasteiger charge is -2.18. The molecule has 6 heteroatoms. The molecule has 0 amide bonds. The van der Waals surface area contributed by atoms with Gasteiger partial charge in [0.25, 0.3) is 0 Å². The van der Waals surface area contributed by atoms with Crippen molar-refractivity contribution in [1.82, 2.24) is 0 Å². The van der Waals surface area contributed by atoms with E-state index in [2.05, 4.69) is 81.5 Å². The van der Waals surface area contributed by atoms with E-state index in [-0.39, 0.29) is 31.1 Å². The van der Waals surface area contributed by atoms with Crippen molar-refractivity contribution in [2.45, 2.75) is 361 Å². The van der Waals surface area contributed by atoms with Crippen LogP contribution in [0.2, 0.25) is 0 Å². The molecule has 0 saturated heterocycles. The summed E-state index contributed by atoms with van der Waals surface area (Å²) in [6.07, 6.45) is 84.0. The Balaban J connectivity index is 4.09. The van der Waals surface area contributed by atoms with Gasteiger partial charge in [-0.25, -0.2) is 0 Å². The fourth-order valence-corrected chi connectivity index (χ4v) is 9.84. The van der Waals surface area contributed by atoms with Gasteiger partial charge >= 0.3 is 17.9 Å². The number of hydrogen-bond donors (Lipinski definition) is 0. The van der Waals surface area contributed by atoms with Gasteiger partial charge in [0.1, 0.15) is 13.2 Å². The van der Waals surface area contributed by atoms with Gasteiger partial charge in [-0.2, -0.15) is 0 Å². The van der Waals surface area contributed by atoms with Gasteiger partial charge in [0.2, 0.25) is 0 Å². The molecular weight excluding hydrogens is 949 g/mol. The Morgan fingerprint density at radius 1 is 0.260 bits per heavy atom. The Kier molecular flexibility index (Phi) is 63.2. The fraction of sp³-hybridized carbons (Fsp3) is 0.817. The van der Waals surface area contributed by atoms with Crippen LogP contribution in [0, 0.1) is 0 Å². The summed E-state index contributed by atoms with van der Waals surface area (Å²) in [6, 6.07) is 0. The van der Waals surface area contributed by atoms with Crippen LogP contribution in [0.15, 0.2) is 60.8 Å². The molecule has 0 N–H and O–H groups in total. The quantitative estimate of drug-likeness (QED) is 0.0261. The molecule has 1 unspecified atom stereocenters. The van der Waals surface area contributed by atoms with E-state index >= 15 is 0 Å². The van der Waals surface area contributed by atoms with Gasteiger partial charge in [-0.15, -0.1) is 0 Å². The topological polar surface area (TPSA) is 78.9 Å². The van der Waals surface area contributed by atoms with E-state index in [1.807, 2.05) is 0 Å². The van der Waals surface area contributed by atoms with Crippen molar-refractivity contribution < 1.29 is 28.6 Å². The summed E-state index contributed by atoms with van der Waals surface area (Å²) in [5, 5.41) is 0. The molecule has 0 bridgehead atoms. The Morgan fingerprint density at radius 3 is 0.779 bits per heavy atom. The molecule has 0 spiro atoms. The summed E-state index contributed by atoms with van der Waals surface area (Å²) in [6.45, 7) is 6.61. The zero-order valence-electron chi connectivity index (χ0n) is 51.5. The van der Waals surface area contributed by atoms with Gasteiger partial charge in [-0.3, -0.25) is 14.4 Å². The van der Waals surface area contributed by atoms with Crippen molar-refractivity contribution in [1.29, 1.82) is 0 Å². The fourth-order valence-electron chi connectivity index (χ4n) is 9.84. The van der Waals surface area contributed by atoms with E-state index in [9.17, 15) is 14.4 Å². The molecule has 77 heavy (non-hydrogen) atoms. The van der Waals surface area contributed by atoms with E-state index in [1.165, 1.54) is 231 Å². The first kappa shape index (κ1) is 74.1. The molecule has 448 valence electrons. The molecule has 0 heterocycles. The SMILES string of the molecule is CCCC/C=C\CCCCCCCC(=O)OCC(COC(=O)CCCCCCCCCCCCCCCCCCCC/C=C\C/C=C\C/C=C\CCCCCCC)OC(=O)CCCCCCC/C=C\CCCCCCCC. The number of esters is 3. The average Bonchev–Trinajstić information content (AvgIpc) is 3.43. The van der Waals surface area contributed by atoms with Gasteiger partial charge < -0.3 is 14.2 Å². The Hall–Kier alpha value is -2.89. The lowest BCUT2D eigenvalue weighted by molar-refractivity contribution is -0.167. The van der Waals surface area contributed by atoms with Crippen molar-refractivity contribution in [3.8, 4) is 0 Å². The van der Waals surface area contributed by atoms with Gasteiger partial charge in [0.05, 0.1) is 0 Å². The summed E-state index contributed by atoms with van der Waals surface area (Å²) in [7, 11) is 0. The largest absolute Gasteiger partial charge is 0.462 e. The van der Waals surface area contributed by atoms with Gasteiger partial charge in [0, 0.05) is 19.3 Å². The summed E-state index contributed by atoms with van der Waals surface area (Å²) >= 11 is 0. The molecule has 6 nitrogen and oxygen atoms in total. The molecule has 0 rings (SSSR count). The van der Waals surface area contributed by atoms with Crippen LogP contribution in [-0.4, -0.2) is 37.2 Å². The van der Waals surface area contributed by atoms with Crippen LogP contribution in [0.3, 0.4) is 0 Å². The van der Waals surface area contributed by atoms with Crippen LogP contribution >= 0.6 is 0 Å². The van der Waals surface area contributed by atoms with E-state index in [0.29, 0.717) is 19.3 Å². The molecule has 0 aromatic carbocycles. The minimum Gasteiger partial charge on any atom is -0.462 e. The lowest BCUT2D eigenvalue weighted by Crippen LogP contribution is -2.30. The number of rotatable bonds is 62. The molecule has 0 fully saturated rings. The van der Waals surface area contributed by atoms with Crippen molar-refractivity contribution in [3.63, 3.8) is 0 Å². The molecule has 0 saturated carbocycles. The highest BCUT2D eigenvalue weighted by Gasteiger charge is 2.19. The van der Waals surface area contributed by atoms with Gasteiger partial charge in [-0.05, 0) is 103 Å². The standard InChI is InChI=1S/C71H128O6/c1-4-7-10-13-16-19-22-24-26-27-28-29-30-31-32-33-34-35-36-37-38-39-40-41-42-43-45-46-49-52-55-58-61-64-70(73)76-67-68(66-75-69(72)63-60-57-54-51-48-21-18-15-12-9-6-3)77-71(74)65-62-59-56-53-50-47-44-25-23-20-17-14-11-8-5-2/h15,18,22,24-25,27-28,30-31,44,68H,4-14,16-17,19-21,23,26,29,32-43,45-67H2,1-3H3/b18-15-,24-22-,28-27-,31-30-,44-25-. The van der Waals surface area contributed by atoms with Crippen LogP contribution in [0.4, 0.5) is 0 Å². The third-order valence-electron chi connectivity index (χ3n) is 15.0. The Labute approximate surface area is 479 Å². The summed E-state index contributed by atoms with van der Waals surface area (Å²) < 4.78 is 16.9. The van der Waals surface area contributed by atoms with Crippen LogP contribution in [0.25, 0.3) is 0 Å². The Bertz CT molecular complexity index is 1380. The highest BCUT2D eigenvalue weighted by molar-refractivity contribution is 5.71. The number of unbranched alkanes of at least 4 members (excludes halogenated alkanes) is 41. The monoisotopic (exact) mass is 1080 g/mol. The molecular formula is C71H128O6. The van der Waals surface area contributed by atoms with Crippen LogP contribution < -0.4 is 0 Å². The molecule has 0 aromatic rings. The van der Waals surface area contributed by atoms with E-state index in [4.69, 9.17) is 14.2 Å². The molecule has 0 aliphatic heterocycles. The van der Waals surface area contributed by atoms with Crippen molar-refractivity contribution in [2.24, 2.45) is 0 Å². The van der Waals surface area contributed by atoms with Gasteiger partial charge in [0.15, 0.2) is 6.10 Å². The maximum Gasteiger partial charge on any atom is 0.306 e. The molecule has 0 aliphatic rings. The number of ether oxygens (including phenoxy) is 3. The predicted octanol–water partition coefficient (Wildman–Crippen LogP) is 23.1. The van der Waals surface area contributed by atoms with Gasteiger partial charge in [-0.1, -0.05) is 293 Å². The molecule has 0 aliphatic carbocycles. The summed E-state index contributed by atoms with van der Waals surface area (Å²) in [5.74, 6) is -0.879. The second kappa shape index (κ2) is 65.6. The normalized spacial score (nSPS) is 12.4. The van der Waals surface area contributed by atoms with Crippen molar-refractivity contribution in [2.75, 3.05) is 13.2 Å². The number of allylic oxidation sites excluding steroid dienone is 10. The number of carbonyl (C=O) groups is 3. The highest BCUT2D eigenvalue weighted by atomic mass is 16.6. The zero-order chi connectivity index (χ0) is 55.7. The van der Waals surface area contributed by atoms with Crippen LogP contribution in [0.1, 0.15) is 355 Å². The average molecular weight is 1080 g/mol. The third kappa shape index (κ3) is 63.8. The maximum absolute atomic E-state index is 12.9. The second-order valence-corrected chi connectivity index (χ2v) is 22.7. The highest BCUT2D eigenvalue weighted by Crippen LogP contribution is 2.17. The van der Waals surface area contributed by atoms with Crippen LogP contribution in [0.5, 0.6) is 0 Å². The second-order valence-electron chi connectivity index (χ2n) is 22.7. The van der Waals surface area contributed by atoms with Crippen molar-refractivity contribution >= 4 is 17.9 Å². The first-order chi connectivity index (χ1) is 38.0. The summed E-state index contributed by atoms with van der Waals surface area (Å²) in [5.41, 5.74) is 0. The number of carbonyl (C=O) groups excluding carboxylic acids is 3. The number of hydrogen-bond acceptors (Lipinski definition) is 6. The zero-order valence-corrected chi connectivity index (χ0v) is 51.5. The third-order valence-corrected chi connectivity index (χ3v) is 15.0.